The normalized spacial score (nSPS) is 11.1. The van der Waals surface area contributed by atoms with Gasteiger partial charge in [-0.1, -0.05) is 68.4 Å². The zero-order valence-corrected chi connectivity index (χ0v) is 18.0. The highest BCUT2D eigenvalue weighted by Gasteiger charge is 2.11. The van der Waals surface area contributed by atoms with E-state index in [4.69, 9.17) is 0 Å². The predicted octanol–water partition coefficient (Wildman–Crippen LogP) is 6.65. The van der Waals surface area contributed by atoms with Crippen molar-refractivity contribution in [1.82, 2.24) is 4.98 Å². The molecule has 3 aromatic carbocycles. The first-order valence-electron chi connectivity index (χ1n) is 9.57. The van der Waals surface area contributed by atoms with E-state index in [0.29, 0.717) is 16.8 Å². The molecule has 4 rings (SSSR count). The van der Waals surface area contributed by atoms with Crippen LogP contribution < -0.4 is 5.32 Å². The molecule has 1 aromatic heterocycles. The van der Waals surface area contributed by atoms with Crippen molar-refractivity contribution in [2.45, 2.75) is 30.4 Å². The van der Waals surface area contributed by atoms with Gasteiger partial charge in [-0.3, -0.25) is 4.79 Å². The molecule has 0 spiro atoms. The van der Waals surface area contributed by atoms with E-state index in [1.807, 2.05) is 47.5 Å². The molecule has 0 atom stereocenters. The van der Waals surface area contributed by atoms with Crippen LogP contribution in [0.15, 0.2) is 77.0 Å². The maximum atomic E-state index is 12.5. The molecule has 1 heterocycles. The molecular weight excluding hydrogens is 396 g/mol. The Morgan fingerprint density at radius 2 is 1.79 bits per heavy atom. The molecule has 0 aliphatic heterocycles. The fourth-order valence-electron chi connectivity index (χ4n) is 3.21. The molecular formula is C24H22N2OS2. The third kappa shape index (κ3) is 4.86. The van der Waals surface area contributed by atoms with Crippen molar-refractivity contribution >= 4 is 44.9 Å². The Kier molecular flexibility index (Phi) is 5.97. The van der Waals surface area contributed by atoms with Crippen LogP contribution in [0, 0.1) is 0 Å². The molecule has 29 heavy (non-hydrogen) atoms. The first-order valence-corrected chi connectivity index (χ1v) is 11.3. The lowest BCUT2D eigenvalue weighted by atomic mass is 10.0. The average molecular weight is 419 g/mol. The fourth-order valence-corrected chi connectivity index (χ4v) is 4.77. The van der Waals surface area contributed by atoms with Crippen LogP contribution in [-0.2, 0) is 11.2 Å². The van der Waals surface area contributed by atoms with E-state index in [1.165, 1.54) is 21.6 Å². The van der Waals surface area contributed by atoms with E-state index in [9.17, 15) is 4.79 Å². The van der Waals surface area contributed by atoms with Gasteiger partial charge in [0, 0.05) is 21.1 Å². The summed E-state index contributed by atoms with van der Waals surface area (Å²) in [5.41, 5.74) is 2.97. The zero-order valence-electron chi connectivity index (χ0n) is 16.4. The van der Waals surface area contributed by atoms with Gasteiger partial charge in [0.2, 0.25) is 5.91 Å². The van der Waals surface area contributed by atoms with E-state index >= 15 is 0 Å². The monoisotopic (exact) mass is 418 g/mol. The van der Waals surface area contributed by atoms with Gasteiger partial charge in [0.15, 0.2) is 5.13 Å². The van der Waals surface area contributed by atoms with Crippen LogP contribution >= 0.6 is 23.1 Å². The van der Waals surface area contributed by atoms with E-state index in [2.05, 4.69) is 60.5 Å². The number of fused-ring (bicyclic) bond motifs is 1. The topological polar surface area (TPSA) is 42.0 Å². The Morgan fingerprint density at radius 3 is 2.59 bits per heavy atom. The van der Waals surface area contributed by atoms with Crippen LogP contribution in [0.2, 0.25) is 0 Å². The molecule has 1 N–H and O–H groups in total. The van der Waals surface area contributed by atoms with Gasteiger partial charge in [-0.15, -0.1) is 23.1 Å². The number of hydrogen-bond donors (Lipinski definition) is 1. The summed E-state index contributed by atoms with van der Waals surface area (Å²) in [4.78, 5) is 18.3. The second-order valence-corrected chi connectivity index (χ2v) is 9.61. The lowest BCUT2D eigenvalue weighted by Crippen LogP contribution is -2.14. The molecule has 3 nitrogen and oxygen atoms in total. The molecule has 5 heteroatoms. The van der Waals surface area contributed by atoms with E-state index in [-0.39, 0.29) is 5.91 Å². The molecule has 0 fully saturated rings. The minimum atomic E-state index is -0.0481. The summed E-state index contributed by atoms with van der Waals surface area (Å²) in [5.74, 6) is -0.0481. The average Bonchev–Trinajstić information content (AvgIpc) is 3.16. The van der Waals surface area contributed by atoms with Crippen LogP contribution in [-0.4, -0.2) is 16.1 Å². The van der Waals surface area contributed by atoms with Crippen LogP contribution in [0.3, 0.4) is 0 Å². The number of hydrogen-bond acceptors (Lipinski definition) is 4. The van der Waals surface area contributed by atoms with Crippen molar-refractivity contribution in [1.29, 1.82) is 0 Å². The molecule has 0 saturated heterocycles. The molecule has 0 saturated carbocycles. The Morgan fingerprint density at radius 1 is 1.03 bits per heavy atom. The molecule has 0 bridgehead atoms. The lowest BCUT2D eigenvalue weighted by Gasteiger charge is -2.06. The van der Waals surface area contributed by atoms with Crippen molar-refractivity contribution in [3.05, 3.63) is 77.7 Å². The van der Waals surface area contributed by atoms with Crippen LogP contribution in [0.25, 0.3) is 22.0 Å². The maximum absolute atomic E-state index is 12.5. The summed E-state index contributed by atoms with van der Waals surface area (Å²) >= 11 is 3.28. The van der Waals surface area contributed by atoms with Crippen LogP contribution in [0.4, 0.5) is 5.13 Å². The quantitative estimate of drug-likeness (QED) is 0.357. The van der Waals surface area contributed by atoms with Gasteiger partial charge in [-0.25, -0.2) is 4.98 Å². The summed E-state index contributed by atoms with van der Waals surface area (Å²) in [5, 5.41) is 8.46. The van der Waals surface area contributed by atoms with Crippen LogP contribution in [0.1, 0.15) is 19.4 Å². The number of rotatable bonds is 6. The summed E-state index contributed by atoms with van der Waals surface area (Å²) in [6, 6.07) is 22.7. The van der Waals surface area contributed by atoms with Gasteiger partial charge in [-0.05, 0) is 28.5 Å². The van der Waals surface area contributed by atoms with Crippen molar-refractivity contribution in [3.63, 3.8) is 0 Å². The maximum Gasteiger partial charge on any atom is 0.230 e. The number of nitrogens with zero attached hydrogens (tertiary/aromatic N) is 1. The number of thioether (sulfide) groups is 1. The van der Waals surface area contributed by atoms with Gasteiger partial charge in [0.25, 0.3) is 0 Å². The third-order valence-corrected chi connectivity index (χ3v) is 6.25. The third-order valence-electron chi connectivity index (χ3n) is 4.48. The molecule has 0 radical (unpaired) electrons. The first-order chi connectivity index (χ1) is 14.1. The van der Waals surface area contributed by atoms with E-state index < -0.39 is 0 Å². The second kappa shape index (κ2) is 8.80. The fraction of sp³-hybridized carbons (Fsp3) is 0.167. The van der Waals surface area contributed by atoms with E-state index in [0.717, 1.165) is 22.2 Å². The molecule has 4 aromatic rings. The Bertz CT molecular complexity index is 1130. The van der Waals surface area contributed by atoms with Crippen molar-refractivity contribution in [2.75, 3.05) is 5.32 Å². The molecule has 146 valence electrons. The Labute approximate surface area is 179 Å². The zero-order chi connectivity index (χ0) is 20.2. The van der Waals surface area contributed by atoms with Crippen molar-refractivity contribution < 1.29 is 4.79 Å². The summed E-state index contributed by atoms with van der Waals surface area (Å²) in [7, 11) is 0. The highest BCUT2D eigenvalue weighted by atomic mass is 32.2. The number of aromatic nitrogens is 1. The number of carbonyl (C=O) groups excluding carboxylic acids is 1. The van der Waals surface area contributed by atoms with Gasteiger partial charge in [-0.2, -0.15) is 0 Å². The summed E-state index contributed by atoms with van der Waals surface area (Å²) in [6.45, 7) is 4.35. The van der Waals surface area contributed by atoms with Gasteiger partial charge in [0.1, 0.15) is 0 Å². The van der Waals surface area contributed by atoms with Crippen molar-refractivity contribution in [2.24, 2.45) is 0 Å². The number of nitrogens with one attached hydrogen (secondary N) is 1. The van der Waals surface area contributed by atoms with E-state index in [1.54, 1.807) is 0 Å². The SMILES string of the molecule is CC(C)Sc1ccc(CC(=O)Nc2nc(-c3cccc4ccccc34)cs2)cc1. The highest BCUT2D eigenvalue weighted by Crippen LogP contribution is 2.31. The van der Waals surface area contributed by atoms with Crippen molar-refractivity contribution in [3.8, 4) is 11.3 Å². The molecule has 0 unspecified atom stereocenters. The highest BCUT2D eigenvalue weighted by molar-refractivity contribution is 7.99. The minimum absolute atomic E-state index is 0.0481. The Hall–Kier alpha value is -2.63. The largest absolute Gasteiger partial charge is 0.302 e. The number of anilines is 1. The lowest BCUT2D eigenvalue weighted by molar-refractivity contribution is -0.115. The molecule has 0 aliphatic rings. The van der Waals surface area contributed by atoms with Gasteiger partial charge >= 0.3 is 0 Å². The standard InChI is InChI=1S/C24H22N2OS2/c1-16(2)29-19-12-10-17(11-13-19)14-23(27)26-24-25-22(15-28-24)21-9-5-7-18-6-3-4-8-20(18)21/h3-13,15-16H,14H2,1-2H3,(H,25,26,27). The second-order valence-electron chi connectivity index (χ2n) is 7.10. The first kappa shape index (κ1) is 19.7. The van der Waals surface area contributed by atoms with Gasteiger partial charge in [0.05, 0.1) is 12.1 Å². The number of thiazole rings is 1. The molecule has 1 amide bonds. The smallest absolute Gasteiger partial charge is 0.230 e. The van der Waals surface area contributed by atoms with Crippen LogP contribution in [0.5, 0.6) is 0 Å². The minimum Gasteiger partial charge on any atom is -0.302 e. The number of carbonyl (C=O) groups is 1. The number of amides is 1. The Balaban J connectivity index is 1.44. The number of benzene rings is 3. The summed E-state index contributed by atoms with van der Waals surface area (Å²) < 4.78 is 0. The summed E-state index contributed by atoms with van der Waals surface area (Å²) in [6.07, 6.45) is 0.343. The molecule has 0 aliphatic carbocycles. The predicted molar refractivity (Wildman–Crippen MR) is 125 cm³/mol. The van der Waals surface area contributed by atoms with Gasteiger partial charge < -0.3 is 5.32 Å².